The second-order valence-corrected chi connectivity index (χ2v) is 13.7. The average molecular weight is 412 g/mol. The highest BCUT2D eigenvalue weighted by Gasteiger charge is 2.22. The van der Waals surface area contributed by atoms with Crippen molar-refractivity contribution >= 4 is 47.8 Å². The van der Waals surface area contributed by atoms with Gasteiger partial charge in [0, 0.05) is 6.04 Å². The van der Waals surface area contributed by atoms with Crippen molar-refractivity contribution in [3.05, 3.63) is 30.5 Å². The molecule has 4 rings (SSSR count). The summed E-state index contributed by atoms with van der Waals surface area (Å²) in [7, 11) is -1.50. The lowest BCUT2D eigenvalue weighted by molar-refractivity contribution is 0.610. The number of pyridine rings is 1. The molecule has 146 valence electrons. The molecule has 3 aromatic rings. The first-order valence-corrected chi connectivity index (χ1v) is 13.6. The van der Waals surface area contributed by atoms with Crippen molar-refractivity contribution in [3.8, 4) is 11.5 Å². The van der Waals surface area contributed by atoms with E-state index in [0.29, 0.717) is 28.3 Å². The molecule has 3 heterocycles. The zero-order valence-electron chi connectivity index (χ0n) is 16.5. The van der Waals surface area contributed by atoms with Gasteiger partial charge in [-0.2, -0.15) is 0 Å². The minimum atomic E-state index is -1.50. The Morgan fingerprint density at radius 1 is 1.11 bits per heavy atom. The summed E-state index contributed by atoms with van der Waals surface area (Å²) in [5.74, 6) is 1.39. The van der Waals surface area contributed by atoms with Crippen LogP contribution in [-0.4, -0.2) is 34.2 Å². The molecule has 1 aliphatic rings. The fraction of sp³-hybridized carbons (Fsp3) is 0.400. The summed E-state index contributed by atoms with van der Waals surface area (Å²) in [5, 5.41) is 8.19. The zero-order chi connectivity index (χ0) is 19.7. The van der Waals surface area contributed by atoms with E-state index in [1.807, 2.05) is 24.3 Å². The van der Waals surface area contributed by atoms with Gasteiger partial charge in [-0.1, -0.05) is 32.5 Å². The van der Waals surface area contributed by atoms with Gasteiger partial charge in [-0.25, -0.2) is 9.97 Å². The molecule has 1 aliphatic carbocycles. The third kappa shape index (κ3) is 4.23. The van der Waals surface area contributed by atoms with Crippen molar-refractivity contribution in [2.75, 3.05) is 5.32 Å². The first kappa shape index (κ1) is 19.0. The molecule has 0 unspecified atom stereocenters. The quantitative estimate of drug-likeness (QED) is 0.495. The second kappa shape index (κ2) is 7.60. The lowest BCUT2D eigenvalue weighted by atomic mass is 10.3. The normalized spacial score (nSPS) is 15.1. The molecule has 0 amide bonds. The number of anilines is 1. The number of aromatic nitrogens is 3. The molecule has 0 aliphatic heterocycles. The van der Waals surface area contributed by atoms with Gasteiger partial charge in [0.2, 0.25) is 0 Å². The maximum Gasteiger partial charge on any atom is 0.180 e. The highest BCUT2D eigenvalue weighted by molar-refractivity contribution is 7.80. The molecule has 0 spiro atoms. The molecular formula is C20H25N5OSSi. The Morgan fingerprint density at radius 3 is 2.61 bits per heavy atom. The van der Waals surface area contributed by atoms with E-state index in [9.17, 15) is 0 Å². The fourth-order valence-electron chi connectivity index (χ4n) is 3.37. The Morgan fingerprint density at radius 2 is 1.89 bits per heavy atom. The van der Waals surface area contributed by atoms with Gasteiger partial charge in [0.25, 0.3) is 0 Å². The molecular weight excluding hydrogens is 386 g/mol. The molecule has 0 bridgehead atoms. The topological polar surface area (TPSA) is 75.9 Å². The summed E-state index contributed by atoms with van der Waals surface area (Å²) >= 11 is 5.43. The van der Waals surface area contributed by atoms with E-state index >= 15 is 0 Å². The van der Waals surface area contributed by atoms with Crippen molar-refractivity contribution < 1.29 is 4.42 Å². The number of thiocarbonyl (C=S) groups is 1. The van der Waals surface area contributed by atoms with Crippen LogP contribution in [0.5, 0.6) is 0 Å². The van der Waals surface area contributed by atoms with E-state index in [0.717, 1.165) is 16.7 Å². The van der Waals surface area contributed by atoms with Crippen LogP contribution in [0.25, 0.3) is 22.6 Å². The predicted molar refractivity (Wildman–Crippen MR) is 120 cm³/mol. The molecule has 1 saturated carbocycles. The van der Waals surface area contributed by atoms with E-state index in [1.54, 1.807) is 6.20 Å². The number of nitrogens with zero attached hydrogens (tertiary/aromatic N) is 3. The fourth-order valence-corrected chi connectivity index (χ4v) is 4.64. The van der Waals surface area contributed by atoms with Gasteiger partial charge < -0.3 is 15.1 Å². The van der Waals surface area contributed by atoms with Crippen LogP contribution in [0.2, 0.25) is 19.6 Å². The van der Waals surface area contributed by atoms with Crippen molar-refractivity contribution in [3.63, 3.8) is 0 Å². The molecule has 0 saturated heterocycles. The SMILES string of the molecule is C[Si](C)(C)c1ccc(-c2cnc3ccc(NC(=S)NC4CCCC4)nc3n2)o1. The zero-order valence-corrected chi connectivity index (χ0v) is 18.3. The maximum absolute atomic E-state index is 6.04. The van der Waals surface area contributed by atoms with E-state index < -0.39 is 8.07 Å². The van der Waals surface area contributed by atoms with Gasteiger partial charge in [-0.15, -0.1) is 0 Å². The van der Waals surface area contributed by atoms with Crippen LogP contribution in [0.1, 0.15) is 25.7 Å². The minimum absolute atomic E-state index is 0.464. The molecule has 2 N–H and O–H groups in total. The molecule has 0 radical (unpaired) electrons. The number of nitrogens with one attached hydrogen (secondary N) is 2. The van der Waals surface area contributed by atoms with Crippen LogP contribution < -0.4 is 16.0 Å². The monoisotopic (exact) mass is 411 g/mol. The maximum atomic E-state index is 6.04. The first-order valence-electron chi connectivity index (χ1n) is 9.70. The molecule has 0 atom stereocenters. The summed E-state index contributed by atoms with van der Waals surface area (Å²) < 4.78 is 6.04. The molecule has 28 heavy (non-hydrogen) atoms. The number of hydrogen-bond acceptors (Lipinski definition) is 5. The van der Waals surface area contributed by atoms with Crippen molar-refractivity contribution in [1.29, 1.82) is 0 Å². The van der Waals surface area contributed by atoms with E-state index in [2.05, 4.69) is 45.2 Å². The smallest absolute Gasteiger partial charge is 0.180 e. The Balaban J connectivity index is 1.55. The standard InChI is InChI=1S/C20H25N5OSSi/c1-28(2,3)18-11-9-16(26-18)15-12-21-14-8-10-17(24-19(14)23-15)25-20(27)22-13-6-4-5-7-13/h8-13H,4-7H2,1-3H3,(H2,22,23,24,25,27). The lowest BCUT2D eigenvalue weighted by Crippen LogP contribution is -2.36. The van der Waals surface area contributed by atoms with Gasteiger partial charge in [0.15, 0.2) is 16.5 Å². The second-order valence-electron chi connectivity index (χ2n) is 8.29. The van der Waals surface area contributed by atoms with E-state index in [-0.39, 0.29) is 0 Å². The van der Waals surface area contributed by atoms with Gasteiger partial charge in [0.1, 0.15) is 25.1 Å². The van der Waals surface area contributed by atoms with Crippen LogP contribution in [0.4, 0.5) is 5.82 Å². The van der Waals surface area contributed by atoms with E-state index in [4.69, 9.17) is 16.6 Å². The summed E-state index contributed by atoms with van der Waals surface area (Å²) in [4.78, 5) is 13.7. The Kier molecular flexibility index (Phi) is 5.16. The van der Waals surface area contributed by atoms with Crippen LogP contribution in [0.3, 0.4) is 0 Å². The van der Waals surface area contributed by atoms with Crippen molar-refractivity contribution in [2.45, 2.75) is 51.4 Å². The molecule has 0 aromatic carbocycles. The number of fused-ring (bicyclic) bond motifs is 1. The molecule has 1 fully saturated rings. The van der Waals surface area contributed by atoms with Gasteiger partial charge in [-0.05, 0) is 49.3 Å². The van der Waals surface area contributed by atoms with Crippen LogP contribution in [0.15, 0.2) is 34.9 Å². The Bertz CT molecular complexity index is 1010. The van der Waals surface area contributed by atoms with Gasteiger partial charge >= 0.3 is 0 Å². The molecule has 6 nitrogen and oxygen atoms in total. The third-order valence-corrected chi connectivity index (χ3v) is 6.90. The summed E-state index contributed by atoms with van der Waals surface area (Å²) in [6.45, 7) is 6.76. The van der Waals surface area contributed by atoms with Crippen LogP contribution in [-0.2, 0) is 0 Å². The van der Waals surface area contributed by atoms with Crippen molar-refractivity contribution in [2.24, 2.45) is 0 Å². The van der Waals surface area contributed by atoms with Gasteiger partial charge in [0.05, 0.1) is 11.6 Å². The number of rotatable bonds is 4. The first-order chi connectivity index (χ1) is 13.4. The van der Waals surface area contributed by atoms with Crippen LogP contribution in [0, 0.1) is 0 Å². The van der Waals surface area contributed by atoms with Crippen LogP contribution >= 0.6 is 12.2 Å². The highest BCUT2D eigenvalue weighted by atomic mass is 32.1. The summed E-state index contributed by atoms with van der Waals surface area (Å²) in [6.07, 6.45) is 6.60. The predicted octanol–water partition coefficient (Wildman–Crippen LogP) is 4.06. The Hall–Kier alpha value is -2.32. The third-order valence-electron chi connectivity index (χ3n) is 4.94. The average Bonchev–Trinajstić information content (AvgIpc) is 3.32. The largest absolute Gasteiger partial charge is 0.465 e. The molecule has 8 heteroatoms. The van der Waals surface area contributed by atoms with Crippen molar-refractivity contribution in [1.82, 2.24) is 20.3 Å². The lowest BCUT2D eigenvalue weighted by Gasteiger charge is -2.15. The van der Waals surface area contributed by atoms with Gasteiger partial charge in [-0.3, -0.25) is 4.98 Å². The number of furan rings is 1. The number of hydrogen-bond donors (Lipinski definition) is 2. The Labute approximate surface area is 171 Å². The summed E-state index contributed by atoms with van der Waals surface area (Å²) in [5.41, 5.74) is 1.99. The molecule has 3 aromatic heterocycles. The van der Waals surface area contributed by atoms with E-state index in [1.165, 1.54) is 25.7 Å². The highest BCUT2D eigenvalue weighted by Crippen LogP contribution is 2.21. The summed E-state index contributed by atoms with van der Waals surface area (Å²) in [6, 6.07) is 8.24. The minimum Gasteiger partial charge on any atom is -0.465 e.